The second kappa shape index (κ2) is 4.55. The third-order valence-electron chi connectivity index (χ3n) is 4.30. The van der Waals surface area contributed by atoms with E-state index in [4.69, 9.17) is 11.6 Å². The van der Waals surface area contributed by atoms with Gasteiger partial charge in [-0.05, 0) is 42.6 Å². The summed E-state index contributed by atoms with van der Waals surface area (Å²) in [6.07, 6.45) is 1.93. The van der Waals surface area contributed by atoms with Gasteiger partial charge in [-0.3, -0.25) is 4.57 Å². The van der Waals surface area contributed by atoms with Crippen molar-refractivity contribution in [1.29, 1.82) is 0 Å². The Morgan fingerprint density at radius 2 is 1.77 bits per heavy atom. The average molecular weight is 311 g/mol. The third kappa shape index (κ3) is 1.82. The van der Waals surface area contributed by atoms with E-state index in [1.54, 1.807) is 10.6 Å². The Morgan fingerprint density at radius 1 is 1.00 bits per heavy atom. The van der Waals surface area contributed by atoms with Gasteiger partial charge >= 0.3 is 0 Å². The number of aryl methyl sites for hydroxylation is 2. The van der Waals surface area contributed by atoms with Crippen LogP contribution in [0, 0.1) is 6.92 Å². The standard InChI is InChI=1S/C18H15ClN2O/c1-11-7-12-4-6-15(9-17(12)20(11)2)21-10-13-3-5-14(19)8-16(13)18(21)22/h3-10,22H,1-2H3. The first-order valence-electron chi connectivity index (χ1n) is 7.10. The summed E-state index contributed by atoms with van der Waals surface area (Å²) in [5.74, 6) is 0.211. The largest absolute Gasteiger partial charge is 0.494 e. The van der Waals surface area contributed by atoms with Gasteiger partial charge in [0.25, 0.3) is 0 Å². The van der Waals surface area contributed by atoms with E-state index in [0.29, 0.717) is 5.02 Å². The van der Waals surface area contributed by atoms with E-state index >= 15 is 0 Å². The van der Waals surface area contributed by atoms with Crippen LogP contribution < -0.4 is 0 Å². The predicted molar refractivity (Wildman–Crippen MR) is 91.2 cm³/mol. The van der Waals surface area contributed by atoms with Crippen LogP contribution in [0.15, 0.2) is 48.7 Å². The molecule has 0 fully saturated rings. The molecule has 0 saturated carbocycles. The molecule has 0 unspecified atom stereocenters. The summed E-state index contributed by atoms with van der Waals surface area (Å²) >= 11 is 6.02. The van der Waals surface area contributed by atoms with Crippen LogP contribution in [0.1, 0.15) is 5.69 Å². The number of benzene rings is 2. The highest BCUT2D eigenvalue weighted by Gasteiger charge is 2.11. The number of rotatable bonds is 1. The number of hydrogen-bond donors (Lipinski definition) is 1. The molecule has 110 valence electrons. The van der Waals surface area contributed by atoms with Crippen molar-refractivity contribution in [3.8, 4) is 11.6 Å². The van der Waals surface area contributed by atoms with E-state index in [2.05, 4.69) is 29.7 Å². The number of nitrogens with zero attached hydrogens (tertiary/aromatic N) is 2. The number of halogens is 1. The molecule has 0 atom stereocenters. The van der Waals surface area contributed by atoms with Crippen LogP contribution in [-0.4, -0.2) is 14.2 Å². The molecule has 0 saturated heterocycles. The first-order chi connectivity index (χ1) is 10.5. The lowest BCUT2D eigenvalue weighted by Gasteiger charge is -2.06. The summed E-state index contributed by atoms with van der Waals surface area (Å²) in [5.41, 5.74) is 3.28. The lowest BCUT2D eigenvalue weighted by molar-refractivity contribution is 0.448. The molecule has 2 aromatic heterocycles. The Balaban J connectivity index is 1.98. The zero-order valence-electron chi connectivity index (χ0n) is 12.3. The maximum absolute atomic E-state index is 10.5. The highest BCUT2D eigenvalue weighted by molar-refractivity contribution is 6.31. The van der Waals surface area contributed by atoms with E-state index in [0.717, 1.165) is 22.0 Å². The van der Waals surface area contributed by atoms with Gasteiger partial charge in [-0.2, -0.15) is 0 Å². The molecule has 4 heteroatoms. The lowest BCUT2D eigenvalue weighted by atomic mass is 10.2. The SMILES string of the molecule is Cc1cc2ccc(-n3cc4ccc(Cl)cc4c3O)cc2n1C. The smallest absolute Gasteiger partial charge is 0.203 e. The number of fused-ring (bicyclic) bond motifs is 2. The van der Waals surface area contributed by atoms with Gasteiger partial charge in [0.15, 0.2) is 0 Å². The third-order valence-corrected chi connectivity index (χ3v) is 4.53. The van der Waals surface area contributed by atoms with Gasteiger partial charge in [0.2, 0.25) is 5.88 Å². The second-order valence-electron chi connectivity index (χ2n) is 5.64. The molecule has 4 aromatic rings. The lowest BCUT2D eigenvalue weighted by Crippen LogP contribution is -1.93. The van der Waals surface area contributed by atoms with Crippen molar-refractivity contribution in [1.82, 2.24) is 9.13 Å². The molecule has 2 heterocycles. The van der Waals surface area contributed by atoms with E-state index in [-0.39, 0.29) is 5.88 Å². The van der Waals surface area contributed by atoms with Crippen LogP contribution in [0.3, 0.4) is 0 Å². The zero-order valence-corrected chi connectivity index (χ0v) is 13.1. The molecule has 0 amide bonds. The molecule has 0 bridgehead atoms. The quantitative estimate of drug-likeness (QED) is 0.538. The Hall–Kier alpha value is -2.39. The van der Waals surface area contributed by atoms with Crippen LogP contribution in [-0.2, 0) is 7.05 Å². The van der Waals surface area contributed by atoms with Crippen LogP contribution in [0.5, 0.6) is 5.88 Å². The highest BCUT2D eigenvalue weighted by atomic mass is 35.5. The fourth-order valence-corrected chi connectivity index (χ4v) is 3.14. The highest BCUT2D eigenvalue weighted by Crippen LogP contribution is 2.33. The first kappa shape index (κ1) is 13.3. The minimum atomic E-state index is 0.211. The summed E-state index contributed by atoms with van der Waals surface area (Å²) in [5, 5.41) is 14.1. The summed E-state index contributed by atoms with van der Waals surface area (Å²) in [6, 6.07) is 13.9. The maximum atomic E-state index is 10.5. The van der Waals surface area contributed by atoms with E-state index in [1.165, 1.54) is 11.1 Å². The molecule has 22 heavy (non-hydrogen) atoms. The van der Waals surface area contributed by atoms with Crippen molar-refractivity contribution in [2.24, 2.45) is 7.05 Å². The molecule has 0 aliphatic rings. The molecule has 3 nitrogen and oxygen atoms in total. The fourth-order valence-electron chi connectivity index (χ4n) is 2.97. The van der Waals surface area contributed by atoms with Gasteiger partial charge in [-0.15, -0.1) is 0 Å². The first-order valence-corrected chi connectivity index (χ1v) is 7.48. The Morgan fingerprint density at radius 3 is 2.59 bits per heavy atom. The molecular weight excluding hydrogens is 296 g/mol. The van der Waals surface area contributed by atoms with Crippen molar-refractivity contribution in [2.45, 2.75) is 6.92 Å². The monoisotopic (exact) mass is 310 g/mol. The molecule has 4 rings (SSSR count). The van der Waals surface area contributed by atoms with E-state index in [9.17, 15) is 5.11 Å². The predicted octanol–water partition coefficient (Wildman–Crippen LogP) is 4.79. The van der Waals surface area contributed by atoms with Crippen molar-refractivity contribution in [3.05, 3.63) is 59.4 Å². The molecule has 0 aliphatic carbocycles. The number of aromatic hydroxyl groups is 1. The molecule has 0 spiro atoms. The average Bonchev–Trinajstić information content (AvgIpc) is 2.98. The van der Waals surface area contributed by atoms with E-state index in [1.807, 2.05) is 31.4 Å². The summed E-state index contributed by atoms with van der Waals surface area (Å²) < 4.78 is 3.94. The van der Waals surface area contributed by atoms with Gasteiger partial charge in [-0.1, -0.05) is 23.7 Å². The van der Waals surface area contributed by atoms with Gasteiger partial charge in [0.05, 0.1) is 11.2 Å². The van der Waals surface area contributed by atoms with Gasteiger partial charge < -0.3 is 9.67 Å². The van der Waals surface area contributed by atoms with Crippen molar-refractivity contribution >= 4 is 33.3 Å². The van der Waals surface area contributed by atoms with Crippen LogP contribution in [0.4, 0.5) is 0 Å². The molecule has 0 aliphatic heterocycles. The minimum absolute atomic E-state index is 0.211. The number of aromatic nitrogens is 2. The second-order valence-corrected chi connectivity index (χ2v) is 6.08. The van der Waals surface area contributed by atoms with Gasteiger partial charge in [0.1, 0.15) is 0 Å². The van der Waals surface area contributed by atoms with Gasteiger partial charge in [-0.25, -0.2) is 0 Å². The number of hydrogen-bond acceptors (Lipinski definition) is 1. The van der Waals surface area contributed by atoms with Crippen LogP contribution in [0.25, 0.3) is 27.4 Å². The zero-order chi connectivity index (χ0) is 15.4. The van der Waals surface area contributed by atoms with Crippen molar-refractivity contribution < 1.29 is 5.11 Å². The van der Waals surface area contributed by atoms with Crippen LogP contribution in [0.2, 0.25) is 5.02 Å². The van der Waals surface area contributed by atoms with Crippen molar-refractivity contribution in [3.63, 3.8) is 0 Å². The Kier molecular flexibility index (Phi) is 2.75. The Bertz CT molecular complexity index is 1030. The summed E-state index contributed by atoms with van der Waals surface area (Å²) in [6.45, 7) is 2.09. The fraction of sp³-hybridized carbons (Fsp3) is 0.111. The summed E-state index contributed by atoms with van der Waals surface area (Å²) in [7, 11) is 2.05. The van der Waals surface area contributed by atoms with E-state index < -0.39 is 0 Å². The molecular formula is C18H15ClN2O. The summed E-state index contributed by atoms with van der Waals surface area (Å²) in [4.78, 5) is 0. The molecule has 0 radical (unpaired) electrons. The van der Waals surface area contributed by atoms with Crippen molar-refractivity contribution in [2.75, 3.05) is 0 Å². The normalized spacial score (nSPS) is 11.6. The maximum Gasteiger partial charge on any atom is 0.203 e. The molecule has 2 aromatic carbocycles. The topological polar surface area (TPSA) is 30.1 Å². The molecule has 1 N–H and O–H groups in total. The minimum Gasteiger partial charge on any atom is -0.494 e. The Labute approximate surface area is 133 Å². The van der Waals surface area contributed by atoms with Gasteiger partial charge in [0, 0.05) is 34.7 Å². The van der Waals surface area contributed by atoms with Crippen LogP contribution >= 0.6 is 11.6 Å².